The largest absolute Gasteiger partial charge is 0.490 e. The van der Waals surface area contributed by atoms with E-state index < -0.39 is 5.92 Å². The van der Waals surface area contributed by atoms with Crippen LogP contribution in [0.1, 0.15) is 70.8 Å². The van der Waals surface area contributed by atoms with Crippen LogP contribution in [0.5, 0.6) is 11.5 Å². The first-order chi connectivity index (χ1) is 16.3. The van der Waals surface area contributed by atoms with Gasteiger partial charge in [-0.25, -0.2) is 0 Å². The molecule has 0 radical (unpaired) electrons. The van der Waals surface area contributed by atoms with Gasteiger partial charge in [0.1, 0.15) is 0 Å². The van der Waals surface area contributed by atoms with Crippen molar-refractivity contribution in [3.05, 3.63) is 44.7 Å². The molecule has 2 atom stereocenters. The molecule has 1 aromatic rings. The van der Waals surface area contributed by atoms with Gasteiger partial charge in [0.2, 0.25) is 5.91 Å². The number of primary amides is 1. The van der Waals surface area contributed by atoms with Gasteiger partial charge < -0.3 is 20.5 Å². The number of dihydropyridines is 1. The fourth-order valence-electron chi connectivity index (χ4n) is 4.79. The predicted octanol–water partition coefficient (Wildman–Crippen LogP) is 5.01. The summed E-state index contributed by atoms with van der Waals surface area (Å²) >= 11 is 3.59. The summed E-state index contributed by atoms with van der Waals surface area (Å²) in [6.45, 7) is 6.63. The molecule has 1 aliphatic carbocycles. The molecule has 34 heavy (non-hydrogen) atoms. The maximum atomic E-state index is 13.3. The summed E-state index contributed by atoms with van der Waals surface area (Å²) in [4.78, 5) is 24.3. The summed E-state index contributed by atoms with van der Waals surface area (Å²) in [7, 11) is 0. The Hall–Kier alpha value is -2.79. The van der Waals surface area contributed by atoms with Gasteiger partial charge in [-0.2, -0.15) is 5.26 Å². The number of halogens is 1. The lowest BCUT2D eigenvalue weighted by Crippen LogP contribution is -2.34. The number of hydrogen-bond donors (Lipinski definition) is 2. The number of benzene rings is 1. The van der Waals surface area contributed by atoms with E-state index in [0.29, 0.717) is 59.1 Å². The lowest BCUT2D eigenvalue weighted by Gasteiger charge is -2.35. The number of Topliss-reactive ketones (excluding diaryl/α,β-unsaturated/α-hetero) is 1. The van der Waals surface area contributed by atoms with Gasteiger partial charge in [-0.05, 0) is 72.7 Å². The minimum atomic E-state index is -0.462. The third kappa shape index (κ3) is 5.64. The molecule has 8 heteroatoms. The van der Waals surface area contributed by atoms with Crippen molar-refractivity contribution in [1.29, 1.82) is 5.26 Å². The fourth-order valence-corrected chi connectivity index (χ4v) is 5.37. The summed E-state index contributed by atoms with van der Waals surface area (Å²) < 4.78 is 12.4. The topological polar surface area (TPSA) is 114 Å². The number of nitrogens with one attached hydrogen (secondary N) is 1. The zero-order chi connectivity index (χ0) is 24.8. The van der Waals surface area contributed by atoms with Crippen molar-refractivity contribution in [2.45, 2.75) is 65.2 Å². The zero-order valence-corrected chi connectivity index (χ0v) is 21.6. The monoisotopic (exact) mass is 529 g/mol. The van der Waals surface area contributed by atoms with E-state index in [1.54, 1.807) is 0 Å². The van der Waals surface area contributed by atoms with Crippen molar-refractivity contribution < 1.29 is 19.1 Å². The maximum absolute atomic E-state index is 13.3. The van der Waals surface area contributed by atoms with Crippen LogP contribution in [-0.4, -0.2) is 24.9 Å². The number of ketones is 1. The molecule has 3 N–H and O–H groups in total. The van der Waals surface area contributed by atoms with E-state index in [1.165, 1.54) is 0 Å². The summed E-state index contributed by atoms with van der Waals surface area (Å²) in [6, 6.07) is 6.08. The number of rotatable bonds is 10. The Morgan fingerprint density at radius 3 is 2.71 bits per heavy atom. The molecule has 0 aromatic heterocycles. The molecule has 182 valence electrons. The van der Waals surface area contributed by atoms with Crippen LogP contribution in [0, 0.1) is 17.2 Å². The first kappa shape index (κ1) is 25.8. The van der Waals surface area contributed by atoms with E-state index in [1.807, 2.05) is 26.0 Å². The average molecular weight is 530 g/mol. The van der Waals surface area contributed by atoms with Gasteiger partial charge in [0.25, 0.3) is 0 Å². The smallest absolute Gasteiger partial charge is 0.217 e. The van der Waals surface area contributed by atoms with E-state index in [9.17, 15) is 14.9 Å². The highest BCUT2D eigenvalue weighted by atomic mass is 79.9. The van der Waals surface area contributed by atoms with E-state index in [4.69, 9.17) is 15.2 Å². The average Bonchev–Trinajstić information content (AvgIpc) is 2.77. The first-order valence-electron chi connectivity index (χ1n) is 11.8. The number of carbonyl (C=O) groups excluding carboxylic acids is 2. The Morgan fingerprint density at radius 2 is 2.06 bits per heavy atom. The molecule has 0 fully saturated rings. The second kappa shape index (κ2) is 11.6. The van der Waals surface area contributed by atoms with Gasteiger partial charge in [0, 0.05) is 29.8 Å². The van der Waals surface area contributed by atoms with Crippen LogP contribution in [-0.2, 0) is 9.59 Å². The Kier molecular flexibility index (Phi) is 8.78. The number of ether oxygens (including phenoxy) is 2. The molecule has 0 saturated carbocycles. The van der Waals surface area contributed by atoms with Crippen LogP contribution in [0.2, 0.25) is 0 Å². The van der Waals surface area contributed by atoms with E-state index >= 15 is 0 Å². The van der Waals surface area contributed by atoms with Gasteiger partial charge in [0.15, 0.2) is 17.3 Å². The summed E-state index contributed by atoms with van der Waals surface area (Å²) in [5, 5.41) is 13.4. The number of carbonyl (C=O) groups is 2. The standard InChI is InChI=1S/C26H32BrN3O4/c1-4-7-16-10-20-25(21(31)11-16)24(18(14-28)15(3)30-20)17-12-19(27)26(22(13-17)33-5-2)34-9-6-8-23(29)32/h12-13,16,24,30H,4-11H2,1-3H3,(H2,29,32). The van der Waals surface area contributed by atoms with Crippen molar-refractivity contribution in [3.63, 3.8) is 0 Å². The van der Waals surface area contributed by atoms with Crippen molar-refractivity contribution in [2.24, 2.45) is 11.7 Å². The van der Waals surface area contributed by atoms with Crippen molar-refractivity contribution >= 4 is 27.6 Å². The fraction of sp³-hybridized carbons (Fsp3) is 0.500. The number of nitriles is 1. The molecule has 2 aliphatic rings. The van der Waals surface area contributed by atoms with E-state index in [-0.39, 0.29) is 18.1 Å². The van der Waals surface area contributed by atoms with Crippen LogP contribution in [0.4, 0.5) is 0 Å². The van der Waals surface area contributed by atoms with E-state index in [2.05, 4.69) is 34.2 Å². The Labute approximate surface area is 209 Å². The maximum Gasteiger partial charge on any atom is 0.217 e. The third-order valence-corrected chi connectivity index (χ3v) is 6.80. The lowest BCUT2D eigenvalue weighted by molar-refractivity contribution is -0.118. The van der Waals surface area contributed by atoms with Crippen LogP contribution in [0.25, 0.3) is 0 Å². The lowest BCUT2D eigenvalue weighted by atomic mass is 9.72. The molecule has 1 aliphatic heterocycles. The summed E-state index contributed by atoms with van der Waals surface area (Å²) in [5.74, 6) is 0.628. The molecule has 0 spiro atoms. The highest BCUT2D eigenvalue weighted by molar-refractivity contribution is 9.10. The van der Waals surface area contributed by atoms with Crippen LogP contribution >= 0.6 is 15.9 Å². The number of allylic oxidation sites excluding steroid dienone is 4. The van der Waals surface area contributed by atoms with Crippen molar-refractivity contribution in [1.82, 2.24) is 5.32 Å². The Bertz CT molecular complexity index is 1070. The third-order valence-electron chi connectivity index (χ3n) is 6.21. The van der Waals surface area contributed by atoms with Gasteiger partial charge in [-0.1, -0.05) is 13.3 Å². The van der Waals surface area contributed by atoms with Crippen molar-refractivity contribution in [3.8, 4) is 17.6 Å². The zero-order valence-electron chi connectivity index (χ0n) is 20.0. The molecule has 1 heterocycles. The molecule has 0 saturated heterocycles. The SMILES string of the molecule is CCCC1CC(=O)C2=C(C1)NC(C)=C(C#N)C2c1cc(Br)c(OCCCC(N)=O)c(OCC)c1. The number of hydrogen-bond acceptors (Lipinski definition) is 6. The Morgan fingerprint density at radius 1 is 1.29 bits per heavy atom. The molecular formula is C26H32BrN3O4. The van der Waals surface area contributed by atoms with Crippen LogP contribution in [0.15, 0.2) is 39.1 Å². The summed E-state index contributed by atoms with van der Waals surface area (Å²) in [5.41, 5.74) is 8.93. The van der Waals surface area contributed by atoms with Crippen molar-refractivity contribution in [2.75, 3.05) is 13.2 Å². The van der Waals surface area contributed by atoms with Crippen LogP contribution < -0.4 is 20.5 Å². The molecular weight excluding hydrogens is 498 g/mol. The number of nitrogens with zero attached hydrogens (tertiary/aromatic N) is 1. The predicted molar refractivity (Wildman–Crippen MR) is 133 cm³/mol. The second-order valence-corrected chi connectivity index (χ2v) is 9.62. The summed E-state index contributed by atoms with van der Waals surface area (Å²) in [6.07, 6.45) is 4.08. The normalized spacial score (nSPS) is 19.9. The molecule has 1 amide bonds. The first-order valence-corrected chi connectivity index (χ1v) is 12.6. The molecule has 1 aromatic carbocycles. The number of nitrogens with two attached hydrogens (primary N) is 1. The highest BCUT2D eigenvalue weighted by Gasteiger charge is 2.39. The van der Waals surface area contributed by atoms with Gasteiger partial charge in [-0.15, -0.1) is 0 Å². The molecule has 3 rings (SSSR count). The van der Waals surface area contributed by atoms with Gasteiger partial charge >= 0.3 is 0 Å². The number of amides is 1. The minimum Gasteiger partial charge on any atom is -0.490 e. The second-order valence-electron chi connectivity index (χ2n) is 8.77. The van der Waals surface area contributed by atoms with Crippen LogP contribution in [0.3, 0.4) is 0 Å². The Balaban J connectivity index is 2.03. The van der Waals surface area contributed by atoms with Gasteiger partial charge in [0.05, 0.1) is 35.2 Å². The molecule has 2 unspecified atom stereocenters. The highest BCUT2D eigenvalue weighted by Crippen LogP contribution is 2.47. The molecule has 7 nitrogen and oxygen atoms in total. The quantitative estimate of drug-likeness (QED) is 0.411. The van der Waals surface area contributed by atoms with E-state index in [0.717, 1.165) is 36.2 Å². The van der Waals surface area contributed by atoms with Gasteiger partial charge in [-0.3, -0.25) is 9.59 Å². The minimum absolute atomic E-state index is 0.0957. The molecule has 0 bridgehead atoms.